The molecule has 0 saturated carbocycles. The van der Waals surface area contributed by atoms with Crippen LogP contribution in [0.5, 0.6) is 17.2 Å². The van der Waals surface area contributed by atoms with E-state index in [1.165, 1.54) is 17.7 Å². The van der Waals surface area contributed by atoms with E-state index in [0.29, 0.717) is 32.8 Å². The summed E-state index contributed by atoms with van der Waals surface area (Å²) in [6.07, 6.45) is 2.61. The highest BCUT2D eigenvalue weighted by Gasteiger charge is 2.27. The molecule has 226 valence electrons. The largest absolute Gasteiger partial charge is 0.493 e. The summed E-state index contributed by atoms with van der Waals surface area (Å²) in [5.41, 5.74) is 3.49. The maximum absolute atomic E-state index is 13.3. The van der Waals surface area contributed by atoms with Crippen LogP contribution in [0.15, 0.2) is 60.7 Å². The average Bonchev–Trinajstić information content (AvgIpc) is 3.00. The minimum absolute atomic E-state index is 0.0559. The molecule has 2 aliphatic heterocycles. The van der Waals surface area contributed by atoms with Crippen LogP contribution in [0.3, 0.4) is 0 Å². The SMILES string of the molecule is COCCCN1CCOc2ccc(COC3CNCCC3c3ccc(OCCCOc4cc(F)cc(F)c4)cc3)cc21. The summed E-state index contributed by atoms with van der Waals surface area (Å²) < 4.78 is 55.5. The van der Waals surface area contributed by atoms with Gasteiger partial charge in [-0.25, -0.2) is 8.78 Å². The molecule has 42 heavy (non-hydrogen) atoms. The molecule has 5 rings (SSSR count). The van der Waals surface area contributed by atoms with Crippen molar-refractivity contribution < 1.29 is 32.5 Å². The van der Waals surface area contributed by atoms with Gasteiger partial charge >= 0.3 is 0 Å². The van der Waals surface area contributed by atoms with E-state index in [9.17, 15) is 8.78 Å². The topological polar surface area (TPSA) is 61.4 Å². The van der Waals surface area contributed by atoms with Crippen molar-refractivity contribution in [2.45, 2.75) is 37.9 Å². The summed E-state index contributed by atoms with van der Waals surface area (Å²) in [4.78, 5) is 2.37. The van der Waals surface area contributed by atoms with Crippen molar-refractivity contribution in [2.24, 2.45) is 0 Å². The quantitative estimate of drug-likeness (QED) is 0.244. The fraction of sp³-hybridized carbons (Fsp3) is 0.455. The predicted molar refractivity (Wildman–Crippen MR) is 158 cm³/mol. The Morgan fingerprint density at radius 2 is 1.69 bits per heavy atom. The zero-order valence-corrected chi connectivity index (χ0v) is 24.2. The van der Waals surface area contributed by atoms with Crippen LogP contribution in [0.25, 0.3) is 0 Å². The number of benzene rings is 3. The maximum Gasteiger partial charge on any atom is 0.142 e. The zero-order chi connectivity index (χ0) is 29.1. The number of nitrogens with zero attached hydrogens (tertiary/aromatic N) is 1. The van der Waals surface area contributed by atoms with Crippen molar-refractivity contribution >= 4 is 5.69 Å². The van der Waals surface area contributed by atoms with Crippen molar-refractivity contribution in [1.82, 2.24) is 5.32 Å². The van der Waals surface area contributed by atoms with Crippen LogP contribution in [0.1, 0.15) is 36.3 Å². The van der Waals surface area contributed by atoms with Crippen LogP contribution in [-0.2, 0) is 16.1 Å². The van der Waals surface area contributed by atoms with Gasteiger partial charge in [0.1, 0.15) is 35.5 Å². The Morgan fingerprint density at radius 1 is 0.905 bits per heavy atom. The zero-order valence-electron chi connectivity index (χ0n) is 24.2. The number of ether oxygens (including phenoxy) is 5. The van der Waals surface area contributed by atoms with E-state index in [1.54, 1.807) is 7.11 Å². The third kappa shape index (κ3) is 8.33. The summed E-state index contributed by atoms with van der Waals surface area (Å²) in [5.74, 6) is 0.849. The van der Waals surface area contributed by atoms with Gasteiger partial charge in [-0.05, 0) is 54.8 Å². The molecule has 9 heteroatoms. The van der Waals surface area contributed by atoms with Gasteiger partial charge in [0.15, 0.2) is 0 Å². The number of anilines is 1. The Kier molecular flexibility index (Phi) is 10.9. The lowest BCUT2D eigenvalue weighted by molar-refractivity contribution is 0.0106. The molecule has 2 atom stereocenters. The highest BCUT2D eigenvalue weighted by atomic mass is 19.1. The van der Waals surface area contributed by atoms with Crippen LogP contribution in [0, 0.1) is 11.6 Å². The Hall–Kier alpha value is -3.40. The molecule has 2 unspecified atom stereocenters. The van der Waals surface area contributed by atoms with Gasteiger partial charge in [-0.3, -0.25) is 0 Å². The molecule has 7 nitrogen and oxygen atoms in total. The van der Waals surface area contributed by atoms with Gasteiger partial charge in [-0.2, -0.15) is 0 Å². The number of methoxy groups -OCH3 is 1. The Bertz CT molecular complexity index is 1260. The van der Waals surface area contributed by atoms with E-state index in [-0.39, 0.29) is 17.8 Å². The van der Waals surface area contributed by atoms with Gasteiger partial charge in [0.05, 0.1) is 38.2 Å². The third-order valence-corrected chi connectivity index (χ3v) is 7.62. The Labute approximate surface area is 246 Å². The second-order valence-electron chi connectivity index (χ2n) is 10.7. The Morgan fingerprint density at radius 3 is 2.48 bits per heavy atom. The number of nitrogens with one attached hydrogen (secondary N) is 1. The molecule has 1 fully saturated rings. The molecule has 1 N–H and O–H groups in total. The standard InChI is InChI=1S/C33H40F2N2O5/c1-38-14-2-12-37-13-17-41-32-9-4-24(18-31(32)37)23-42-33-22-36-11-10-30(33)25-5-7-28(8-6-25)39-15-3-16-40-29-20-26(34)19-27(35)21-29/h4-9,18-21,30,33,36H,2-3,10-17,22-23H2,1H3. The molecule has 0 amide bonds. The highest BCUT2D eigenvalue weighted by Crippen LogP contribution is 2.34. The molecule has 0 aromatic heterocycles. The van der Waals surface area contributed by atoms with Crippen LogP contribution in [-0.4, -0.2) is 65.8 Å². The van der Waals surface area contributed by atoms with Crippen molar-refractivity contribution in [3.63, 3.8) is 0 Å². The molecule has 2 aliphatic rings. The van der Waals surface area contributed by atoms with Crippen LogP contribution < -0.4 is 24.4 Å². The first-order chi connectivity index (χ1) is 20.6. The van der Waals surface area contributed by atoms with Crippen LogP contribution >= 0.6 is 0 Å². The van der Waals surface area contributed by atoms with Gasteiger partial charge in [0, 0.05) is 57.3 Å². The van der Waals surface area contributed by atoms with Gasteiger partial charge < -0.3 is 33.9 Å². The molecule has 3 aromatic carbocycles. The summed E-state index contributed by atoms with van der Waals surface area (Å²) in [5, 5.41) is 3.48. The molecule has 3 aromatic rings. The normalized spacial score (nSPS) is 18.3. The first-order valence-corrected chi connectivity index (χ1v) is 14.7. The predicted octanol–water partition coefficient (Wildman–Crippen LogP) is 5.71. The minimum atomic E-state index is -0.655. The van der Waals surface area contributed by atoms with E-state index < -0.39 is 11.6 Å². The number of halogens is 2. The summed E-state index contributed by atoms with van der Waals surface area (Å²) in [6, 6.07) is 17.7. The van der Waals surface area contributed by atoms with E-state index in [0.717, 1.165) is 74.4 Å². The number of hydrogen-bond donors (Lipinski definition) is 1. The van der Waals surface area contributed by atoms with Crippen LogP contribution in [0.4, 0.5) is 14.5 Å². The highest BCUT2D eigenvalue weighted by molar-refractivity contribution is 5.61. The number of rotatable bonds is 14. The lowest BCUT2D eigenvalue weighted by Gasteiger charge is -2.33. The number of fused-ring (bicyclic) bond motifs is 1. The minimum Gasteiger partial charge on any atom is -0.493 e. The molecule has 2 heterocycles. The van der Waals surface area contributed by atoms with Crippen LogP contribution in [0.2, 0.25) is 0 Å². The van der Waals surface area contributed by atoms with Crippen molar-refractivity contribution in [1.29, 1.82) is 0 Å². The molecule has 0 bridgehead atoms. The smallest absolute Gasteiger partial charge is 0.142 e. The van der Waals surface area contributed by atoms with Crippen molar-refractivity contribution in [3.8, 4) is 17.2 Å². The lowest BCUT2D eigenvalue weighted by atomic mass is 9.87. The first kappa shape index (κ1) is 30.1. The second kappa shape index (κ2) is 15.2. The number of hydrogen-bond acceptors (Lipinski definition) is 7. The molecule has 0 aliphatic carbocycles. The van der Waals surface area contributed by atoms with Crippen molar-refractivity contribution in [2.75, 3.05) is 64.6 Å². The summed E-state index contributed by atoms with van der Waals surface area (Å²) in [6.45, 7) is 6.28. The fourth-order valence-corrected chi connectivity index (χ4v) is 5.49. The van der Waals surface area contributed by atoms with E-state index >= 15 is 0 Å². The summed E-state index contributed by atoms with van der Waals surface area (Å²) >= 11 is 0. The number of piperidine rings is 1. The third-order valence-electron chi connectivity index (χ3n) is 7.62. The first-order valence-electron chi connectivity index (χ1n) is 14.7. The fourth-order valence-electron chi connectivity index (χ4n) is 5.49. The van der Waals surface area contributed by atoms with Gasteiger partial charge in [0.25, 0.3) is 0 Å². The van der Waals surface area contributed by atoms with Crippen molar-refractivity contribution in [3.05, 3.63) is 83.4 Å². The van der Waals surface area contributed by atoms with Gasteiger partial charge in [-0.1, -0.05) is 18.2 Å². The van der Waals surface area contributed by atoms with E-state index in [1.807, 2.05) is 12.1 Å². The summed E-state index contributed by atoms with van der Waals surface area (Å²) in [7, 11) is 1.74. The van der Waals surface area contributed by atoms with E-state index in [4.69, 9.17) is 23.7 Å². The second-order valence-corrected chi connectivity index (χ2v) is 10.7. The molecule has 1 saturated heterocycles. The van der Waals surface area contributed by atoms with Gasteiger partial charge in [-0.15, -0.1) is 0 Å². The molecule has 0 spiro atoms. The molecular weight excluding hydrogens is 542 g/mol. The van der Waals surface area contributed by atoms with Gasteiger partial charge in [0.2, 0.25) is 0 Å². The molecule has 0 radical (unpaired) electrons. The molecular formula is C33H40F2N2O5. The van der Waals surface area contributed by atoms with E-state index in [2.05, 4.69) is 40.5 Å². The average molecular weight is 583 g/mol. The Balaban J connectivity index is 1.11. The lowest BCUT2D eigenvalue weighted by Crippen LogP contribution is -2.41. The monoisotopic (exact) mass is 582 g/mol. The maximum atomic E-state index is 13.3.